The van der Waals surface area contributed by atoms with E-state index < -0.39 is 0 Å². The number of halogens is 1. The van der Waals surface area contributed by atoms with Crippen LogP contribution in [-0.2, 0) is 0 Å². The summed E-state index contributed by atoms with van der Waals surface area (Å²) in [6.07, 6.45) is 0. The molecule has 1 N–H and O–H groups in total. The molecule has 0 unspecified atom stereocenters. The van der Waals surface area contributed by atoms with Crippen LogP contribution in [0.1, 0.15) is 17.4 Å². The first-order valence-corrected chi connectivity index (χ1v) is 7.76. The summed E-state index contributed by atoms with van der Waals surface area (Å²) in [4.78, 5) is 18.5. The van der Waals surface area contributed by atoms with Gasteiger partial charge in [0.1, 0.15) is 16.5 Å². The first-order valence-electron chi connectivity index (χ1n) is 6.88. The van der Waals surface area contributed by atoms with E-state index in [0.717, 1.165) is 6.54 Å². The summed E-state index contributed by atoms with van der Waals surface area (Å²) in [5.41, 5.74) is 0.836. The predicted octanol–water partition coefficient (Wildman–Crippen LogP) is 2.38. The van der Waals surface area contributed by atoms with E-state index in [1.165, 1.54) is 17.4 Å². The Balaban J connectivity index is 1.82. The summed E-state index contributed by atoms with van der Waals surface area (Å²) in [6.45, 7) is 4.18. The highest BCUT2D eigenvalue weighted by Gasteiger charge is 2.23. The maximum atomic E-state index is 13.8. The first kappa shape index (κ1) is 14.2. The van der Waals surface area contributed by atoms with Crippen molar-refractivity contribution < 1.29 is 9.18 Å². The number of piperazine rings is 1. The number of carbonyl (C=O) groups is 1. The van der Waals surface area contributed by atoms with E-state index in [-0.39, 0.29) is 17.8 Å². The minimum atomic E-state index is -0.318. The van der Waals surface area contributed by atoms with Gasteiger partial charge in [0.15, 0.2) is 0 Å². The quantitative estimate of drug-likeness (QED) is 0.926. The summed E-state index contributed by atoms with van der Waals surface area (Å²) < 4.78 is 13.8. The molecule has 0 saturated carbocycles. The molecule has 3 rings (SSSR count). The van der Waals surface area contributed by atoms with E-state index in [4.69, 9.17) is 0 Å². The van der Waals surface area contributed by atoms with Crippen molar-refractivity contribution in [2.75, 3.05) is 19.6 Å². The Morgan fingerprint density at radius 3 is 3.05 bits per heavy atom. The van der Waals surface area contributed by atoms with Gasteiger partial charge in [-0.3, -0.25) is 4.79 Å². The molecule has 1 atom stereocenters. The van der Waals surface area contributed by atoms with Gasteiger partial charge < -0.3 is 10.2 Å². The molecular formula is C15H16FN3OS. The fourth-order valence-corrected chi connectivity index (χ4v) is 3.23. The second-order valence-electron chi connectivity index (χ2n) is 5.12. The van der Waals surface area contributed by atoms with Crippen molar-refractivity contribution in [2.45, 2.75) is 13.0 Å². The highest BCUT2D eigenvalue weighted by Crippen LogP contribution is 2.26. The van der Waals surface area contributed by atoms with E-state index >= 15 is 0 Å². The van der Waals surface area contributed by atoms with Crippen LogP contribution in [0, 0.1) is 5.82 Å². The Morgan fingerprint density at radius 2 is 2.29 bits per heavy atom. The maximum Gasteiger partial charge on any atom is 0.273 e. The molecule has 0 aliphatic carbocycles. The standard InChI is InChI=1S/C15H16FN3OS/c1-10-8-19(7-6-17-10)15(20)13-9-21-14(18-13)11-4-2-3-5-12(11)16/h2-5,9-10,17H,6-8H2,1H3/t10-/m1/s1. The van der Waals surface area contributed by atoms with Crippen LogP contribution in [0.5, 0.6) is 0 Å². The van der Waals surface area contributed by atoms with Crippen LogP contribution in [0.15, 0.2) is 29.6 Å². The number of rotatable bonds is 2. The number of thiazole rings is 1. The molecule has 1 amide bonds. The summed E-state index contributed by atoms with van der Waals surface area (Å²) in [5, 5.41) is 5.54. The van der Waals surface area contributed by atoms with Gasteiger partial charge in [-0.1, -0.05) is 12.1 Å². The van der Waals surface area contributed by atoms with Gasteiger partial charge in [-0.05, 0) is 19.1 Å². The van der Waals surface area contributed by atoms with Crippen LogP contribution in [0.2, 0.25) is 0 Å². The molecule has 2 aromatic rings. The summed E-state index contributed by atoms with van der Waals surface area (Å²) >= 11 is 1.30. The van der Waals surface area contributed by atoms with Crippen molar-refractivity contribution >= 4 is 17.2 Å². The van der Waals surface area contributed by atoms with E-state index in [1.54, 1.807) is 28.5 Å². The Hall–Kier alpha value is -1.79. The zero-order chi connectivity index (χ0) is 14.8. The minimum absolute atomic E-state index is 0.0813. The molecule has 1 aromatic carbocycles. The van der Waals surface area contributed by atoms with Crippen molar-refractivity contribution in [3.05, 3.63) is 41.2 Å². The van der Waals surface area contributed by atoms with E-state index in [2.05, 4.69) is 10.3 Å². The number of hydrogen-bond acceptors (Lipinski definition) is 4. The predicted molar refractivity (Wildman–Crippen MR) is 80.9 cm³/mol. The lowest BCUT2D eigenvalue weighted by atomic mass is 10.2. The minimum Gasteiger partial charge on any atom is -0.334 e. The molecule has 0 radical (unpaired) electrons. The summed E-state index contributed by atoms with van der Waals surface area (Å²) in [5.74, 6) is -0.399. The third kappa shape index (κ3) is 2.96. The molecule has 1 aliphatic heterocycles. The Labute approximate surface area is 126 Å². The average Bonchev–Trinajstić information content (AvgIpc) is 2.96. The molecule has 1 fully saturated rings. The lowest BCUT2D eigenvalue weighted by Gasteiger charge is -2.31. The lowest BCUT2D eigenvalue weighted by molar-refractivity contribution is 0.0704. The van der Waals surface area contributed by atoms with E-state index in [0.29, 0.717) is 29.4 Å². The molecule has 110 valence electrons. The highest BCUT2D eigenvalue weighted by molar-refractivity contribution is 7.13. The van der Waals surface area contributed by atoms with Crippen LogP contribution in [0.4, 0.5) is 4.39 Å². The van der Waals surface area contributed by atoms with Crippen LogP contribution in [-0.4, -0.2) is 41.5 Å². The smallest absolute Gasteiger partial charge is 0.273 e. The fourth-order valence-electron chi connectivity index (χ4n) is 2.41. The Morgan fingerprint density at radius 1 is 1.48 bits per heavy atom. The van der Waals surface area contributed by atoms with Crippen molar-refractivity contribution in [3.8, 4) is 10.6 Å². The number of carbonyl (C=O) groups excluding carboxylic acids is 1. The molecule has 1 saturated heterocycles. The van der Waals surface area contributed by atoms with Gasteiger partial charge in [0.25, 0.3) is 5.91 Å². The second-order valence-corrected chi connectivity index (χ2v) is 5.98. The zero-order valence-corrected chi connectivity index (χ0v) is 12.5. The molecule has 0 spiro atoms. The molecule has 1 aromatic heterocycles. The van der Waals surface area contributed by atoms with Crippen LogP contribution >= 0.6 is 11.3 Å². The Kier molecular flexibility index (Phi) is 3.98. The third-order valence-corrected chi connectivity index (χ3v) is 4.36. The van der Waals surface area contributed by atoms with Crippen molar-refractivity contribution in [3.63, 3.8) is 0 Å². The summed E-state index contributed by atoms with van der Waals surface area (Å²) in [7, 11) is 0. The van der Waals surface area contributed by atoms with Gasteiger partial charge in [-0.25, -0.2) is 9.37 Å². The molecule has 21 heavy (non-hydrogen) atoms. The maximum absolute atomic E-state index is 13.8. The first-order chi connectivity index (χ1) is 10.1. The van der Waals surface area contributed by atoms with Crippen molar-refractivity contribution in [2.24, 2.45) is 0 Å². The van der Waals surface area contributed by atoms with Crippen LogP contribution < -0.4 is 5.32 Å². The highest BCUT2D eigenvalue weighted by atomic mass is 32.1. The molecule has 2 heterocycles. The van der Waals surface area contributed by atoms with Crippen molar-refractivity contribution in [1.29, 1.82) is 0 Å². The fraction of sp³-hybridized carbons (Fsp3) is 0.333. The SMILES string of the molecule is C[C@@H]1CN(C(=O)c2csc(-c3ccccc3F)n2)CCN1. The lowest BCUT2D eigenvalue weighted by Crippen LogP contribution is -2.51. The van der Waals surface area contributed by atoms with Gasteiger partial charge in [0.05, 0.1) is 0 Å². The van der Waals surface area contributed by atoms with Crippen molar-refractivity contribution in [1.82, 2.24) is 15.2 Å². The molecule has 6 heteroatoms. The van der Waals surface area contributed by atoms with Gasteiger partial charge >= 0.3 is 0 Å². The van der Waals surface area contributed by atoms with Crippen LogP contribution in [0.3, 0.4) is 0 Å². The number of aromatic nitrogens is 1. The average molecular weight is 305 g/mol. The molecular weight excluding hydrogens is 289 g/mol. The molecule has 0 bridgehead atoms. The molecule has 4 nitrogen and oxygen atoms in total. The second kappa shape index (κ2) is 5.91. The normalized spacial score (nSPS) is 18.8. The largest absolute Gasteiger partial charge is 0.334 e. The monoisotopic (exact) mass is 305 g/mol. The van der Waals surface area contributed by atoms with Gasteiger partial charge in [-0.15, -0.1) is 11.3 Å². The third-order valence-electron chi connectivity index (χ3n) is 3.48. The number of nitrogens with one attached hydrogen (secondary N) is 1. The van der Waals surface area contributed by atoms with Crippen LogP contribution in [0.25, 0.3) is 10.6 Å². The zero-order valence-electron chi connectivity index (χ0n) is 11.7. The summed E-state index contributed by atoms with van der Waals surface area (Å²) in [6, 6.07) is 6.76. The Bertz CT molecular complexity index is 658. The number of benzene rings is 1. The van der Waals surface area contributed by atoms with Gasteiger partial charge in [0, 0.05) is 36.6 Å². The van der Waals surface area contributed by atoms with Gasteiger partial charge in [-0.2, -0.15) is 0 Å². The topological polar surface area (TPSA) is 45.2 Å². The number of hydrogen-bond donors (Lipinski definition) is 1. The molecule has 1 aliphatic rings. The number of nitrogens with zero attached hydrogens (tertiary/aromatic N) is 2. The van der Waals surface area contributed by atoms with E-state index in [9.17, 15) is 9.18 Å². The number of amides is 1. The van der Waals surface area contributed by atoms with E-state index in [1.807, 2.05) is 6.92 Å². The van der Waals surface area contributed by atoms with Gasteiger partial charge in [0.2, 0.25) is 0 Å².